The molecule has 2 atom stereocenters. The van der Waals surface area contributed by atoms with Gasteiger partial charge in [0.1, 0.15) is 11.4 Å². The van der Waals surface area contributed by atoms with E-state index in [2.05, 4.69) is 0 Å². The Bertz CT molecular complexity index is 527. The number of amides is 1. The van der Waals surface area contributed by atoms with Crippen molar-refractivity contribution in [3.63, 3.8) is 0 Å². The van der Waals surface area contributed by atoms with Crippen LogP contribution in [0.3, 0.4) is 0 Å². The molecule has 0 bridgehead atoms. The maximum absolute atomic E-state index is 13.4. The number of aliphatic hydroxyl groups is 1. The molecule has 1 aliphatic rings. The fourth-order valence-electron chi connectivity index (χ4n) is 2.75. The number of hydrogen-bond donors (Lipinski definition) is 1. The second-order valence-corrected chi connectivity index (χ2v) is 6.74. The number of benzene rings is 1. The van der Waals surface area contributed by atoms with E-state index >= 15 is 0 Å². The lowest BCUT2D eigenvalue weighted by molar-refractivity contribution is -0.0169. The monoisotopic (exact) mass is 309 g/mol. The van der Waals surface area contributed by atoms with Gasteiger partial charge in [0, 0.05) is 6.54 Å². The van der Waals surface area contributed by atoms with E-state index in [1.165, 1.54) is 12.1 Å². The molecule has 1 aromatic carbocycles. The third kappa shape index (κ3) is 4.19. The molecule has 0 spiro atoms. The number of rotatable bonds is 2. The summed E-state index contributed by atoms with van der Waals surface area (Å²) in [5, 5.41) is 10.6. The van der Waals surface area contributed by atoms with Gasteiger partial charge in [-0.05, 0) is 57.7 Å². The number of carbonyl (C=O) groups is 1. The topological polar surface area (TPSA) is 49.8 Å². The van der Waals surface area contributed by atoms with Crippen LogP contribution in [-0.2, 0) is 4.74 Å². The fraction of sp³-hybridized carbons (Fsp3) is 0.588. The predicted octanol–water partition coefficient (Wildman–Crippen LogP) is 3.65. The summed E-state index contributed by atoms with van der Waals surface area (Å²) in [5.74, 6) is -0.392. The van der Waals surface area contributed by atoms with E-state index in [4.69, 9.17) is 4.74 Å². The molecule has 0 saturated carbocycles. The molecule has 2 rings (SSSR count). The molecule has 0 aromatic heterocycles. The predicted molar refractivity (Wildman–Crippen MR) is 81.9 cm³/mol. The third-order valence-corrected chi connectivity index (χ3v) is 3.73. The van der Waals surface area contributed by atoms with Crippen molar-refractivity contribution in [1.29, 1.82) is 0 Å². The molecule has 22 heavy (non-hydrogen) atoms. The van der Waals surface area contributed by atoms with Crippen LogP contribution in [0.25, 0.3) is 0 Å². The van der Waals surface area contributed by atoms with E-state index in [0.717, 1.165) is 12.8 Å². The van der Waals surface area contributed by atoms with Crippen LogP contribution >= 0.6 is 0 Å². The number of aliphatic hydroxyl groups excluding tert-OH is 1. The lowest BCUT2D eigenvalue weighted by Gasteiger charge is -2.39. The van der Waals surface area contributed by atoms with Crippen molar-refractivity contribution in [2.75, 3.05) is 6.54 Å². The fourth-order valence-corrected chi connectivity index (χ4v) is 2.75. The number of nitrogens with zero attached hydrogens (tertiary/aromatic N) is 1. The smallest absolute Gasteiger partial charge is 0.410 e. The average molecular weight is 309 g/mol. The first-order valence-electron chi connectivity index (χ1n) is 7.71. The van der Waals surface area contributed by atoms with Gasteiger partial charge in [-0.3, -0.25) is 0 Å². The van der Waals surface area contributed by atoms with E-state index < -0.39 is 23.6 Å². The summed E-state index contributed by atoms with van der Waals surface area (Å²) in [5.41, 5.74) is -0.0939. The van der Waals surface area contributed by atoms with Crippen molar-refractivity contribution in [2.24, 2.45) is 0 Å². The minimum Gasteiger partial charge on any atom is -0.444 e. The van der Waals surface area contributed by atoms with Crippen molar-refractivity contribution in [2.45, 2.75) is 57.8 Å². The minimum absolute atomic E-state index is 0.384. The molecule has 122 valence electrons. The molecule has 4 nitrogen and oxygen atoms in total. The summed E-state index contributed by atoms with van der Waals surface area (Å²) in [6.07, 6.45) is 1.15. The first kappa shape index (κ1) is 16.7. The Labute approximate surface area is 130 Å². The lowest BCUT2D eigenvalue weighted by Crippen LogP contribution is -2.48. The van der Waals surface area contributed by atoms with E-state index in [9.17, 15) is 14.3 Å². The highest BCUT2D eigenvalue weighted by Crippen LogP contribution is 2.30. The van der Waals surface area contributed by atoms with Gasteiger partial charge < -0.3 is 14.7 Å². The molecule has 0 aliphatic carbocycles. The number of carbonyl (C=O) groups excluding carboxylic acids is 1. The number of halogens is 1. The zero-order chi connectivity index (χ0) is 16.3. The van der Waals surface area contributed by atoms with Gasteiger partial charge in [0.15, 0.2) is 0 Å². The van der Waals surface area contributed by atoms with Crippen molar-refractivity contribution in [3.05, 3.63) is 35.6 Å². The standard InChI is InChI=1S/C17H24FNO3/c1-17(2,3)22-16(21)19-10-5-4-9-14(19)15(20)12-7-6-8-13(18)11-12/h6-8,11,14-15,20H,4-5,9-10H2,1-3H3. The van der Waals surface area contributed by atoms with Crippen molar-refractivity contribution >= 4 is 6.09 Å². The molecule has 5 heteroatoms. The highest BCUT2D eigenvalue weighted by atomic mass is 19.1. The van der Waals surface area contributed by atoms with Gasteiger partial charge in [-0.15, -0.1) is 0 Å². The van der Waals surface area contributed by atoms with Crippen molar-refractivity contribution in [1.82, 2.24) is 4.90 Å². The summed E-state index contributed by atoms with van der Waals surface area (Å²) < 4.78 is 18.8. The third-order valence-electron chi connectivity index (χ3n) is 3.73. The maximum atomic E-state index is 13.4. The Morgan fingerprint density at radius 3 is 2.77 bits per heavy atom. The van der Waals surface area contributed by atoms with Crippen LogP contribution in [0.5, 0.6) is 0 Å². The quantitative estimate of drug-likeness (QED) is 0.907. The van der Waals surface area contributed by atoms with Crippen LogP contribution in [0.15, 0.2) is 24.3 Å². The van der Waals surface area contributed by atoms with Gasteiger partial charge >= 0.3 is 6.09 Å². The van der Waals surface area contributed by atoms with E-state index in [1.54, 1.807) is 17.0 Å². The van der Waals surface area contributed by atoms with Gasteiger partial charge in [0.2, 0.25) is 0 Å². The lowest BCUT2D eigenvalue weighted by atomic mass is 9.93. The second kappa shape index (κ2) is 6.65. The Morgan fingerprint density at radius 2 is 2.14 bits per heavy atom. The van der Waals surface area contributed by atoms with E-state index in [0.29, 0.717) is 18.5 Å². The first-order chi connectivity index (χ1) is 10.3. The van der Waals surface area contributed by atoms with Crippen LogP contribution in [0.4, 0.5) is 9.18 Å². The zero-order valence-corrected chi connectivity index (χ0v) is 13.4. The van der Waals surface area contributed by atoms with Gasteiger partial charge in [-0.1, -0.05) is 12.1 Å². The summed E-state index contributed by atoms with van der Waals surface area (Å²) >= 11 is 0. The Kier molecular flexibility index (Phi) is 5.06. The van der Waals surface area contributed by atoms with Crippen LogP contribution in [0.1, 0.15) is 51.7 Å². The molecule has 1 heterocycles. The summed E-state index contributed by atoms with van der Waals surface area (Å²) in [6.45, 7) is 5.98. The Morgan fingerprint density at radius 1 is 1.41 bits per heavy atom. The van der Waals surface area contributed by atoms with Crippen LogP contribution in [0, 0.1) is 5.82 Å². The molecule has 1 fully saturated rings. The summed E-state index contributed by atoms with van der Waals surface area (Å²) in [6, 6.07) is 5.50. The van der Waals surface area contributed by atoms with Gasteiger partial charge in [-0.2, -0.15) is 0 Å². The molecule has 1 saturated heterocycles. The van der Waals surface area contributed by atoms with E-state index in [1.807, 2.05) is 20.8 Å². The molecule has 2 unspecified atom stereocenters. The minimum atomic E-state index is -0.913. The maximum Gasteiger partial charge on any atom is 0.410 e. The Hall–Kier alpha value is -1.62. The normalized spacial score (nSPS) is 20.6. The average Bonchev–Trinajstić information content (AvgIpc) is 2.44. The molecule has 1 N–H and O–H groups in total. The summed E-state index contributed by atoms with van der Waals surface area (Å²) in [4.78, 5) is 13.9. The van der Waals surface area contributed by atoms with Gasteiger partial charge in [0.05, 0.1) is 12.1 Å². The van der Waals surface area contributed by atoms with E-state index in [-0.39, 0.29) is 6.04 Å². The number of ether oxygens (including phenoxy) is 1. The molecule has 1 aliphatic heterocycles. The molecule has 1 aromatic rings. The molecular weight excluding hydrogens is 285 g/mol. The largest absolute Gasteiger partial charge is 0.444 e. The van der Waals surface area contributed by atoms with Crippen LogP contribution in [-0.4, -0.2) is 34.3 Å². The molecular formula is C17H24FNO3. The highest BCUT2D eigenvalue weighted by molar-refractivity contribution is 5.68. The zero-order valence-electron chi connectivity index (χ0n) is 13.4. The second-order valence-electron chi connectivity index (χ2n) is 6.74. The highest BCUT2D eigenvalue weighted by Gasteiger charge is 2.35. The number of likely N-dealkylation sites (tertiary alicyclic amines) is 1. The summed E-state index contributed by atoms with van der Waals surface area (Å²) in [7, 11) is 0. The van der Waals surface area contributed by atoms with Crippen LogP contribution in [0.2, 0.25) is 0 Å². The molecule has 0 radical (unpaired) electrons. The van der Waals surface area contributed by atoms with Gasteiger partial charge in [0.25, 0.3) is 0 Å². The van der Waals surface area contributed by atoms with Crippen molar-refractivity contribution in [3.8, 4) is 0 Å². The number of piperidine rings is 1. The van der Waals surface area contributed by atoms with Crippen LogP contribution < -0.4 is 0 Å². The SMILES string of the molecule is CC(C)(C)OC(=O)N1CCCCC1C(O)c1cccc(F)c1. The van der Waals surface area contributed by atoms with Crippen molar-refractivity contribution < 1.29 is 19.0 Å². The van der Waals surface area contributed by atoms with Gasteiger partial charge in [-0.25, -0.2) is 9.18 Å². The molecule has 1 amide bonds. The first-order valence-corrected chi connectivity index (χ1v) is 7.71. The Balaban J connectivity index is 2.17. The number of hydrogen-bond acceptors (Lipinski definition) is 3.